The number of rotatable bonds is 8. The van der Waals surface area contributed by atoms with Gasteiger partial charge in [0.1, 0.15) is 6.04 Å². The van der Waals surface area contributed by atoms with Crippen LogP contribution >= 0.6 is 35.0 Å². The third-order valence-corrected chi connectivity index (χ3v) is 6.00. The summed E-state index contributed by atoms with van der Waals surface area (Å²) >= 11 is 13.8. The summed E-state index contributed by atoms with van der Waals surface area (Å²) in [6.45, 7) is 7.78. The third kappa shape index (κ3) is 7.86. The van der Waals surface area contributed by atoms with E-state index in [2.05, 4.69) is 5.32 Å². The van der Waals surface area contributed by atoms with E-state index in [9.17, 15) is 9.59 Å². The molecule has 0 heterocycles. The highest BCUT2D eigenvalue weighted by atomic mass is 35.5. The molecule has 30 heavy (non-hydrogen) atoms. The van der Waals surface area contributed by atoms with Crippen LogP contribution in [0.3, 0.4) is 0 Å². The summed E-state index contributed by atoms with van der Waals surface area (Å²) in [4.78, 5) is 28.5. The maximum absolute atomic E-state index is 13.1. The van der Waals surface area contributed by atoms with E-state index in [-0.39, 0.29) is 23.9 Å². The molecule has 2 aromatic rings. The van der Waals surface area contributed by atoms with E-state index in [0.29, 0.717) is 22.2 Å². The van der Waals surface area contributed by atoms with Crippen LogP contribution in [0.4, 0.5) is 0 Å². The zero-order chi connectivity index (χ0) is 22.3. The average molecular weight is 467 g/mol. The van der Waals surface area contributed by atoms with Crippen LogP contribution in [-0.2, 0) is 16.1 Å². The summed E-state index contributed by atoms with van der Waals surface area (Å²) < 4.78 is 0. The Kier molecular flexibility index (Phi) is 9.08. The van der Waals surface area contributed by atoms with Crippen molar-refractivity contribution >= 4 is 46.8 Å². The van der Waals surface area contributed by atoms with Crippen molar-refractivity contribution in [2.24, 2.45) is 0 Å². The molecule has 0 bridgehead atoms. The highest BCUT2D eigenvalue weighted by Gasteiger charge is 2.28. The molecule has 0 aliphatic rings. The Labute approximate surface area is 193 Å². The predicted molar refractivity (Wildman–Crippen MR) is 126 cm³/mol. The number of hydrogen-bond acceptors (Lipinski definition) is 3. The van der Waals surface area contributed by atoms with Crippen LogP contribution in [0.25, 0.3) is 0 Å². The minimum atomic E-state index is -0.617. The normalized spacial score (nSPS) is 12.3. The van der Waals surface area contributed by atoms with Gasteiger partial charge in [0.05, 0.1) is 0 Å². The Morgan fingerprint density at radius 3 is 2.30 bits per heavy atom. The maximum Gasteiger partial charge on any atom is 0.242 e. The second-order valence-electron chi connectivity index (χ2n) is 8.08. The second-order valence-corrected chi connectivity index (χ2v) is 10.1. The van der Waals surface area contributed by atoms with Gasteiger partial charge in [-0.05, 0) is 63.6 Å². The summed E-state index contributed by atoms with van der Waals surface area (Å²) in [7, 11) is 0. The third-order valence-electron chi connectivity index (χ3n) is 4.36. The van der Waals surface area contributed by atoms with Gasteiger partial charge in [0.2, 0.25) is 11.8 Å². The Hall–Kier alpha value is -1.69. The molecule has 0 aromatic heterocycles. The molecule has 0 spiro atoms. The predicted octanol–water partition coefficient (Wildman–Crippen LogP) is 5.81. The molecular weight excluding hydrogens is 439 g/mol. The summed E-state index contributed by atoms with van der Waals surface area (Å²) in [6, 6.07) is 14.3. The van der Waals surface area contributed by atoms with Crippen molar-refractivity contribution in [2.45, 2.75) is 57.1 Å². The van der Waals surface area contributed by atoms with Crippen molar-refractivity contribution in [1.29, 1.82) is 0 Å². The second kappa shape index (κ2) is 11.1. The van der Waals surface area contributed by atoms with Gasteiger partial charge in [0, 0.05) is 39.2 Å². The van der Waals surface area contributed by atoms with E-state index in [1.54, 1.807) is 29.7 Å². The van der Waals surface area contributed by atoms with Crippen molar-refractivity contribution in [3.05, 3.63) is 64.1 Å². The highest BCUT2D eigenvalue weighted by molar-refractivity contribution is 7.99. The minimum absolute atomic E-state index is 0.0899. The first kappa shape index (κ1) is 24.6. The lowest BCUT2D eigenvalue weighted by molar-refractivity contribution is -0.140. The van der Waals surface area contributed by atoms with Crippen LogP contribution in [0, 0.1) is 0 Å². The smallest absolute Gasteiger partial charge is 0.242 e. The number of carbonyl (C=O) groups is 2. The number of carbonyl (C=O) groups excluding carboxylic acids is 2. The largest absolute Gasteiger partial charge is 0.350 e. The van der Waals surface area contributed by atoms with Gasteiger partial charge >= 0.3 is 0 Å². The lowest BCUT2D eigenvalue weighted by Crippen LogP contribution is -2.52. The molecule has 2 aromatic carbocycles. The number of halogens is 2. The van der Waals surface area contributed by atoms with Crippen LogP contribution in [0.15, 0.2) is 53.4 Å². The first-order chi connectivity index (χ1) is 14.1. The topological polar surface area (TPSA) is 49.4 Å². The lowest BCUT2D eigenvalue weighted by Gasteiger charge is -2.31. The number of hydrogen-bond donors (Lipinski definition) is 1. The Balaban J connectivity index is 2.10. The van der Waals surface area contributed by atoms with Gasteiger partial charge in [-0.1, -0.05) is 41.4 Å². The van der Waals surface area contributed by atoms with Gasteiger partial charge < -0.3 is 10.2 Å². The molecular formula is C23H28Cl2N2O2S. The molecule has 0 saturated heterocycles. The fourth-order valence-electron chi connectivity index (χ4n) is 2.80. The molecule has 2 rings (SSSR count). The van der Waals surface area contributed by atoms with E-state index in [1.165, 1.54) is 0 Å². The Morgan fingerprint density at radius 2 is 1.70 bits per heavy atom. The van der Waals surface area contributed by atoms with Crippen molar-refractivity contribution in [2.75, 3.05) is 5.75 Å². The molecule has 7 heteroatoms. The molecule has 0 radical (unpaired) electrons. The van der Waals surface area contributed by atoms with Crippen LogP contribution < -0.4 is 5.32 Å². The van der Waals surface area contributed by atoms with Gasteiger partial charge in [-0.15, -0.1) is 11.8 Å². The Bertz CT molecular complexity index is 866. The molecule has 4 nitrogen and oxygen atoms in total. The Morgan fingerprint density at radius 1 is 1.07 bits per heavy atom. The molecule has 2 amide bonds. The van der Waals surface area contributed by atoms with E-state index >= 15 is 0 Å². The first-order valence-corrected chi connectivity index (χ1v) is 11.5. The molecule has 0 saturated carbocycles. The molecule has 0 aliphatic carbocycles. The SMILES string of the molecule is C[C@@H](C(=O)NC(C)(C)C)N(Cc1ccccc1Cl)C(=O)CCSc1ccc(Cl)cc1. The van der Waals surface area contributed by atoms with Gasteiger partial charge in [-0.25, -0.2) is 0 Å². The van der Waals surface area contributed by atoms with E-state index < -0.39 is 6.04 Å². The zero-order valence-corrected chi connectivity index (χ0v) is 20.1. The first-order valence-electron chi connectivity index (χ1n) is 9.80. The molecule has 0 unspecified atom stereocenters. The number of amides is 2. The monoisotopic (exact) mass is 466 g/mol. The van der Waals surface area contributed by atoms with Crippen LogP contribution in [0.2, 0.25) is 10.0 Å². The average Bonchev–Trinajstić information content (AvgIpc) is 2.67. The minimum Gasteiger partial charge on any atom is -0.350 e. The number of benzene rings is 2. The van der Waals surface area contributed by atoms with E-state index in [1.807, 2.05) is 63.2 Å². The van der Waals surface area contributed by atoms with Crippen molar-refractivity contribution in [3.8, 4) is 0 Å². The standard InChI is InChI=1S/C23H28Cl2N2O2S/c1-16(22(29)26-23(2,3)4)27(15-17-7-5-6-8-20(17)25)21(28)13-14-30-19-11-9-18(24)10-12-19/h5-12,16H,13-15H2,1-4H3,(H,26,29)/t16-/m0/s1. The molecule has 0 fully saturated rings. The van der Waals surface area contributed by atoms with Crippen molar-refractivity contribution < 1.29 is 9.59 Å². The van der Waals surface area contributed by atoms with E-state index in [0.717, 1.165) is 10.5 Å². The summed E-state index contributed by atoms with van der Waals surface area (Å²) in [5, 5.41) is 4.22. The fourth-order valence-corrected chi connectivity index (χ4v) is 3.96. The van der Waals surface area contributed by atoms with Crippen molar-refractivity contribution in [3.63, 3.8) is 0 Å². The zero-order valence-electron chi connectivity index (χ0n) is 17.7. The molecule has 1 atom stereocenters. The van der Waals surface area contributed by atoms with Crippen LogP contribution in [0.1, 0.15) is 39.7 Å². The lowest BCUT2D eigenvalue weighted by atomic mass is 10.1. The molecule has 1 N–H and O–H groups in total. The highest BCUT2D eigenvalue weighted by Crippen LogP contribution is 2.23. The van der Waals surface area contributed by atoms with E-state index in [4.69, 9.17) is 23.2 Å². The van der Waals surface area contributed by atoms with Crippen LogP contribution in [0.5, 0.6) is 0 Å². The fraction of sp³-hybridized carbons (Fsp3) is 0.391. The number of nitrogens with one attached hydrogen (secondary N) is 1. The maximum atomic E-state index is 13.1. The van der Waals surface area contributed by atoms with Gasteiger partial charge in [-0.3, -0.25) is 9.59 Å². The van der Waals surface area contributed by atoms with Gasteiger partial charge in [-0.2, -0.15) is 0 Å². The molecule has 162 valence electrons. The van der Waals surface area contributed by atoms with Crippen LogP contribution in [-0.4, -0.2) is 34.0 Å². The number of nitrogens with zero attached hydrogens (tertiary/aromatic N) is 1. The number of thioether (sulfide) groups is 1. The summed E-state index contributed by atoms with van der Waals surface area (Å²) in [6.07, 6.45) is 0.310. The van der Waals surface area contributed by atoms with Gasteiger partial charge in [0.25, 0.3) is 0 Å². The quantitative estimate of drug-likeness (QED) is 0.499. The van der Waals surface area contributed by atoms with Gasteiger partial charge in [0.15, 0.2) is 0 Å². The summed E-state index contributed by atoms with van der Waals surface area (Å²) in [5.74, 6) is 0.328. The molecule has 0 aliphatic heterocycles. The van der Waals surface area contributed by atoms with Crippen molar-refractivity contribution in [1.82, 2.24) is 10.2 Å². The summed E-state index contributed by atoms with van der Waals surface area (Å²) in [5.41, 5.74) is 0.433.